The molecule has 0 radical (unpaired) electrons. The van der Waals surface area contributed by atoms with Gasteiger partial charge in [-0.1, -0.05) is 12.5 Å². The number of hydrogen-bond donors (Lipinski definition) is 2. The average Bonchev–Trinajstić information content (AvgIpc) is 3.36. The fourth-order valence-electron chi connectivity index (χ4n) is 4.31. The normalized spacial score (nSPS) is 23.9. The van der Waals surface area contributed by atoms with Gasteiger partial charge in [0, 0.05) is 24.3 Å². The monoisotopic (exact) mass is 368 g/mol. The summed E-state index contributed by atoms with van der Waals surface area (Å²) in [7, 11) is 0. The van der Waals surface area contributed by atoms with Crippen LogP contribution in [0.5, 0.6) is 0 Å². The highest BCUT2D eigenvalue weighted by Crippen LogP contribution is 2.49. The predicted octanol–water partition coefficient (Wildman–Crippen LogP) is 2.86. The van der Waals surface area contributed by atoms with Gasteiger partial charge < -0.3 is 19.7 Å². The number of hydrogen-bond acceptors (Lipinski definition) is 4. The molecule has 1 saturated heterocycles. The quantitative estimate of drug-likeness (QED) is 0.864. The lowest BCUT2D eigenvalue weighted by Gasteiger charge is -2.23. The summed E-state index contributed by atoms with van der Waals surface area (Å²) in [5.74, 6) is -1.22. The van der Waals surface area contributed by atoms with Crippen molar-refractivity contribution >= 4 is 23.5 Å². The standard InChI is InChI=1S/C20H20N2O5/c23-17(16-7-3-9-27-16)21-15-6-1-4-13(10-15)18(24)22-11-14-5-2-8-20(14,12-22)19(25)26/h1,3-4,6-7,9-10,14H,2,5,8,11-12H2,(H,21,23)(H,25,26)/t14-,20+/m0/s1. The Hall–Kier alpha value is -3.09. The third-order valence-electron chi connectivity index (χ3n) is 5.70. The van der Waals surface area contributed by atoms with E-state index in [1.54, 1.807) is 41.3 Å². The summed E-state index contributed by atoms with van der Waals surface area (Å²) < 4.78 is 5.06. The van der Waals surface area contributed by atoms with Crippen molar-refractivity contribution < 1.29 is 23.9 Å². The minimum atomic E-state index is -0.806. The number of nitrogens with zero attached hydrogens (tertiary/aromatic N) is 1. The van der Waals surface area contributed by atoms with Crippen LogP contribution in [0.3, 0.4) is 0 Å². The Morgan fingerprint density at radius 2 is 2.07 bits per heavy atom. The van der Waals surface area contributed by atoms with E-state index in [0.717, 1.165) is 12.8 Å². The number of carbonyl (C=O) groups is 3. The molecular weight excluding hydrogens is 348 g/mol. The van der Waals surface area contributed by atoms with Gasteiger partial charge in [-0.2, -0.15) is 0 Å². The fourth-order valence-corrected chi connectivity index (χ4v) is 4.31. The van der Waals surface area contributed by atoms with E-state index in [1.165, 1.54) is 6.26 Å². The van der Waals surface area contributed by atoms with Crippen molar-refractivity contribution in [1.82, 2.24) is 4.90 Å². The molecule has 7 nitrogen and oxygen atoms in total. The van der Waals surface area contributed by atoms with Crippen LogP contribution >= 0.6 is 0 Å². The molecule has 2 atom stereocenters. The van der Waals surface area contributed by atoms with Crippen molar-refractivity contribution in [1.29, 1.82) is 0 Å². The van der Waals surface area contributed by atoms with Crippen molar-refractivity contribution in [2.24, 2.45) is 11.3 Å². The summed E-state index contributed by atoms with van der Waals surface area (Å²) in [6.07, 6.45) is 3.77. The molecule has 0 bridgehead atoms. The first-order valence-corrected chi connectivity index (χ1v) is 8.97. The lowest BCUT2D eigenvalue weighted by Crippen LogP contribution is -2.37. The van der Waals surface area contributed by atoms with E-state index >= 15 is 0 Å². The molecule has 1 aliphatic carbocycles. The van der Waals surface area contributed by atoms with Crippen LogP contribution in [0.1, 0.15) is 40.2 Å². The second kappa shape index (κ2) is 6.57. The van der Waals surface area contributed by atoms with Crippen molar-refractivity contribution in [3.63, 3.8) is 0 Å². The Morgan fingerprint density at radius 3 is 2.78 bits per heavy atom. The zero-order valence-corrected chi connectivity index (χ0v) is 14.7. The van der Waals surface area contributed by atoms with Crippen LogP contribution in [0.15, 0.2) is 47.1 Å². The van der Waals surface area contributed by atoms with Crippen LogP contribution in [-0.4, -0.2) is 40.9 Å². The third kappa shape index (κ3) is 2.99. The average molecular weight is 368 g/mol. The van der Waals surface area contributed by atoms with Crippen LogP contribution in [0.2, 0.25) is 0 Å². The predicted molar refractivity (Wildman–Crippen MR) is 96.4 cm³/mol. The summed E-state index contributed by atoms with van der Waals surface area (Å²) in [5, 5.41) is 12.4. The number of anilines is 1. The van der Waals surface area contributed by atoms with Gasteiger partial charge in [-0.05, 0) is 49.1 Å². The van der Waals surface area contributed by atoms with E-state index in [1.807, 2.05) is 0 Å². The smallest absolute Gasteiger partial charge is 0.311 e. The second-order valence-electron chi connectivity index (χ2n) is 7.25. The lowest BCUT2D eigenvalue weighted by molar-refractivity contribution is -0.149. The molecule has 27 heavy (non-hydrogen) atoms. The maximum absolute atomic E-state index is 12.9. The molecule has 1 aliphatic heterocycles. The van der Waals surface area contributed by atoms with E-state index in [2.05, 4.69) is 5.32 Å². The number of carbonyl (C=O) groups excluding carboxylic acids is 2. The van der Waals surface area contributed by atoms with E-state index in [9.17, 15) is 19.5 Å². The van der Waals surface area contributed by atoms with Crippen LogP contribution in [0, 0.1) is 11.3 Å². The molecule has 4 rings (SSSR count). The minimum Gasteiger partial charge on any atom is -0.481 e. The molecule has 1 saturated carbocycles. The number of carboxylic acids is 1. The molecule has 140 valence electrons. The largest absolute Gasteiger partial charge is 0.481 e. The van der Waals surface area contributed by atoms with E-state index in [-0.39, 0.29) is 24.1 Å². The molecule has 2 heterocycles. The minimum absolute atomic E-state index is 0.0146. The molecule has 0 unspecified atom stereocenters. The zero-order chi connectivity index (χ0) is 19.0. The molecule has 1 aromatic carbocycles. The number of benzene rings is 1. The first-order chi connectivity index (χ1) is 13.0. The number of carboxylic acid groups (broad SMARTS) is 1. The molecule has 2 N–H and O–H groups in total. The second-order valence-corrected chi connectivity index (χ2v) is 7.25. The van der Waals surface area contributed by atoms with Gasteiger partial charge in [0.25, 0.3) is 11.8 Å². The van der Waals surface area contributed by atoms with Crippen molar-refractivity contribution in [2.75, 3.05) is 18.4 Å². The van der Waals surface area contributed by atoms with Gasteiger partial charge in [-0.25, -0.2) is 0 Å². The number of rotatable bonds is 4. The Morgan fingerprint density at radius 1 is 1.22 bits per heavy atom. The molecular formula is C20H20N2O5. The number of likely N-dealkylation sites (tertiary alicyclic amines) is 1. The maximum atomic E-state index is 12.9. The van der Waals surface area contributed by atoms with Gasteiger partial charge in [-0.15, -0.1) is 0 Å². The number of furan rings is 1. The lowest BCUT2D eigenvalue weighted by atomic mass is 9.81. The van der Waals surface area contributed by atoms with Crippen LogP contribution in [0.25, 0.3) is 0 Å². The Labute approximate surface area is 156 Å². The summed E-state index contributed by atoms with van der Waals surface area (Å²) in [5.41, 5.74) is 0.100. The first kappa shape index (κ1) is 17.3. The van der Waals surface area contributed by atoms with Crippen LogP contribution in [0.4, 0.5) is 5.69 Å². The van der Waals surface area contributed by atoms with E-state index in [4.69, 9.17) is 4.42 Å². The topological polar surface area (TPSA) is 99.9 Å². The highest BCUT2D eigenvalue weighted by Gasteiger charge is 2.55. The van der Waals surface area contributed by atoms with Gasteiger partial charge in [0.2, 0.25) is 0 Å². The SMILES string of the molecule is O=C(Nc1cccc(C(=O)N2C[C@@H]3CCC[C@@]3(C(=O)O)C2)c1)c1ccco1. The highest BCUT2D eigenvalue weighted by atomic mass is 16.4. The number of fused-ring (bicyclic) bond motifs is 1. The number of aliphatic carboxylic acids is 1. The molecule has 7 heteroatoms. The highest BCUT2D eigenvalue weighted by molar-refractivity contribution is 6.03. The van der Waals surface area contributed by atoms with Crippen LogP contribution < -0.4 is 5.32 Å². The van der Waals surface area contributed by atoms with Crippen molar-refractivity contribution in [3.8, 4) is 0 Å². The molecule has 2 aliphatic rings. The molecule has 0 spiro atoms. The van der Waals surface area contributed by atoms with Crippen molar-refractivity contribution in [2.45, 2.75) is 19.3 Å². The molecule has 2 fully saturated rings. The molecule has 2 amide bonds. The molecule has 2 aromatic rings. The summed E-state index contributed by atoms with van der Waals surface area (Å²) in [6.45, 7) is 0.711. The zero-order valence-electron chi connectivity index (χ0n) is 14.7. The summed E-state index contributed by atoms with van der Waals surface area (Å²) in [4.78, 5) is 38.4. The van der Waals surface area contributed by atoms with Gasteiger partial charge in [-0.3, -0.25) is 14.4 Å². The van der Waals surface area contributed by atoms with Gasteiger partial charge in [0.1, 0.15) is 0 Å². The van der Waals surface area contributed by atoms with Gasteiger partial charge >= 0.3 is 5.97 Å². The summed E-state index contributed by atoms with van der Waals surface area (Å²) in [6, 6.07) is 9.83. The van der Waals surface area contributed by atoms with Crippen LogP contribution in [-0.2, 0) is 4.79 Å². The third-order valence-corrected chi connectivity index (χ3v) is 5.70. The Balaban J connectivity index is 1.50. The van der Waals surface area contributed by atoms with E-state index in [0.29, 0.717) is 24.2 Å². The Bertz CT molecular complexity index is 892. The number of nitrogens with one attached hydrogen (secondary N) is 1. The fraction of sp³-hybridized carbons (Fsp3) is 0.350. The summed E-state index contributed by atoms with van der Waals surface area (Å²) >= 11 is 0. The van der Waals surface area contributed by atoms with Crippen molar-refractivity contribution in [3.05, 3.63) is 54.0 Å². The molecule has 1 aromatic heterocycles. The maximum Gasteiger partial charge on any atom is 0.311 e. The first-order valence-electron chi connectivity index (χ1n) is 8.97. The van der Waals surface area contributed by atoms with E-state index < -0.39 is 17.3 Å². The van der Waals surface area contributed by atoms with Gasteiger partial charge in [0.05, 0.1) is 11.7 Å². The Kier molecular flexibility index (Phi) is 4.22. The van der Waals surface area contributed by atoms with Gasteiger partial charge in [0.15, 0.2) is 5.76 Å². The number of amides is 2.